The van der Waals surface area contributed by atoms with Crippen molar-refractivity contribution in [3.63, 3.8) is 0 Å². The van der Waals surface area contributed by atoms with E-state index < -0.39 is 19.8 Å². The van der Waals surface area contributed by atoms with Crippen molar-refractivity contribution in [2.75, 3.05) is 12.9 Å². The SMILES string of the molecule is CC[C@@](Cl)(C(=O)c1ccc(OC)cc1)S(=O)(=O)CC. The second-order valence-electron chi connectivity index (χ2n) is 4.04. The molecule has 0 amide bonds. The Balaban J connectivity index is 3.22. The Labute approximate surface area is 118 Å². The smallest absolute Gasteiger partial charge is 0.207 e. The number of carbonyl (C=O) groups excluding carboxylic acids is 1. The first-order valence-electron chi connectivity index (χ1n) is 5.92. The number of hydrogen-bond acceptors (Lipinski definition) is 4. The molecule has 0 aliphatic carbocycles. The van der Waals surface area contributed by atoms with Gasteiger partial charge in [0.05, 0.1) is 7.11 Å². The number of Topliss-reactive ketones (excluding diaryl/α,β-unsaturated/α-hetero) is 1. The average molecular weight is 305 g/mol. The van der Waals surface area contributed by atoms with Crippen LogP contribution in [0.4, 0.5) is 0 Å². The third-order valence-corrected chi connectivity index (χ3v) is 6.38. The van der Waals surface area contributed by atoms with Gasteiger partial charge in [-0.15, -0.1) is 0 Å². The van der Waals surface area contributed by atoms with Crippen molar-refractivity contribution in [2.24, 2.45) is 0 Å². The first-order chi connectivity index (χ1) is 8.82. The molecule has 0 spiro atoms. The summed E-state index contributed by atoms with van der Waals surface area (Å²) in [5, 5.41) is 0. The second-order valence-corrected chi connectivity index (χ2v) is 7.42. The van der Waals surface area contributed by atoms with Crippen molar-refractivity contribution in [1.29, 1.82) is 0 Å². The summed E-state index contributed by atoms with van der Waals surface area (Å²) in [6.07, 6.45) is 0.0234. The van der Waals surface area contributed by atoms with Crippen LogP contribution < -0.4 is 4.74 Å². The lowest BCUT2D eigenvalue weighted by Gasteiger charge is -2.23. The maximum absolute atomic E-state index is 12.4. The van der Waals surface area contributed by atoms with Crippen LogP contribution in [0.3, 0.4) is 0 Å². The van der Waals surface area contributed by atoms with E-state index in [-0.39, 0.29) is 17.7 Å². The molecule has 106 valence electrons. The van der Waals surface area contributed by atoms with Gasteiger partial charge < -0.3 is 4.74 Å². The van der Waals surface area contributed by atoms with Gasteiger partial charge in [-0.25, -0.2) is 8.42 Å². The van der Waals surface area contributed by atoms with Crippen LogP contribution in [0.2, 0.25) is 0 Å². The highest BCUT2D eigenvalue weighted by Crippen LogP contribution is 2.32. The largest absolute Gasteiger partial charge is 0.497 e. The van der Waals surface area contributed by atoms with E-state index in [1.807, 2.05) is 0 Å². The van der Waals surface area contributed by atoms with Crippen LogP contribution in [-0.4, -0.2) is 31.3 Å². The Morgan fingerprint density at radius 3 is 2.16 bits per heavy atom. The number of rotatable bonds is 6. The minimum Gasteiger partial charge on any atom is -0.497 e. The molecule has 0 saturated heterocycles. The van der Waals surface area contributed by atoms with Gasteiger partial charge in [0.1, 0.15) is 5.75 Å². The number of ketones is 1. The quantitative estimate of drug-likeness (QED) is 0.599. The number of ether oxygens (including phenoxy) is 1. The van der Waals surface area contributed by atoms with Gasteiger partial charge in [0.2, 0.25) is 4.21 Å². The molecule has 1 rings (SSSR count). The summed E-state index contributed by atoms with van der Waals surface area (Å²) in [7, 11) is -2.18. The second kappa shape index (κ2) is 5.92. The molecule has 0 N–H and O–H groups in total. The van der Waals surface area contributed by atoms with Gasteiger partial charge >= 0.3 is 0 Å². The van der Waals surface area contributed by atoms with Crippen molar-refractivity contribution in [3.8, 4) is 5.75 Å². The maximum Gasteiger partial charge on any atom is 0.207 e. The van der Waals surface area contributed by atoms with Crippen LogP contribution in [0.5, 0.6) is 5.75 Å². The van der Waals surface area contributed by atoms with Crippen molar-refractivity contribution >= 4 is 27.2 Å². The molecule has 0 saturated carbocycles. The maximum atomic E-state index is 12.4. The summed E-state index contributed by atoms with van der Waals surface area (Å²) in [6.45, 7) is 3.06. The number of alkyl halides is 1. The van der Waals surface area contributed by atoms with Gasteiger partial charge in [-0.2, -0.15) is 0 Å². The summed E-state index contributed by atoms with van der Waals surface area (Å²) >= 11 is 6.11. The molecule has 1 aromatic rings. The van der Waals surface area contributed by atoms with E-state index in [0.29, 0.717) is 5.75 Å². The molecule has 0 aromatic heterocycles. The fourth-order valence-electron chi connectivity index (χ4n) is 1.71. The van der Waals surface area contributed by atoms with Crippen LogP contribution in [-0.2, 0) is 9.84 Å². The lowest BCUT2D eigenvalue weighted by molar-refractivity contribution is 0.0970. The van der Waals surface area contributed by atoms with Crippen molar-refractivity contribution in [2.45, 2.75) is 24.5 Å². The van der Waals surface area contributed by atoms with E-state index in [9.17, 15) is 13.2 Å². The van der Waals surface area contributed by atoms with Crippen LogP contribution in [0.15, 0.2) is 24.3 Å². The number of carbonyl (C=O) groups is 1. The zero-order valence-electron chi connectivity index (χ0n) is 11.1. The van der Waals surface area contributed by atoms with E-state index >= 15 is 0 Å². The van der Waals surface area contributed by atoms with Crippen LogP contribution in [0.25, 0.3) is 0 Å². The fourth-order valence-corrected chi connectivity index (χ4v) is 3.44. The monoisotopic (exact) mass is 304 g/mol. The lowest BCUT2D eigenvalue weighted by atomic mass is 10.1. The molecular formula is C13H17ClO4S. The Kier molecular flexibility index (Phi) is 4.98. The number of halogens is 1. The third-order valence-electron chi connectivity index (χ3n) is 3.02. The number of methoxy groups -OCH3 is 1. The lowest BCUT2D eigenvalue weighted by Crippen LogP contribution is -2.41. The molecule has 4 nitrogen and oxygen atoms in total. The molecule has 0 bridgehead atoms. The predicted octanol–water partition coefficient (Wildman–Crippen LogP) is 2.66. The Bertz CT molecular complexity index is 551. The molecule has 0 aliphatic rings. The first kappa shape index (κ1) is 16.0. The van der Waals surface area contributed by atoms with Crippen molar-refractivity contribution < 1.29 is 17.9 Å². The summed E-state index contributed by atoms with van der Waals surface area (Å²) in [5.74, 6) is -0.181. The minimum atomic E-state index is -3.69. The normalized spacial score (nSPS) is 14.7. The van der Waals surface area contributed by atoms with Crippen LogP contribution in [0.1, 0.15) is 30.6 Å². The molecule has 0 heterocycles. The number of sulfone groups is 1. The molecule has 19 heavy (non-hydrogen) atoms. The summed E-state index contributed by atoms with van der Waals surface area (Å²) in [6, 6.07) is 6.22. The Morgan fingerprint density at radius 1 is 1.26 bits per heavy atom. The summed E-state index contributed by atoms with van der Waals surface area (Å²) < 4.78 is 27.1. The third kappa shape index (κ3) is 2.92. The summed E-state index contributed by atoms with van der Waals surface area (Å²) in [5.41, 5.74) is 0.259. The molecule has 1 aromatic carbocycles. The van der Waals surface area contributed by atoms with Crippen LogP contribution >= 0.6 is 11.6 Å². The first-order valence-corrected chi connectivity index (χ1v) is 7.95. The predicted molar refractivity (Wildman–Crippen MR) is 75.7 cm³/mol. The van der Waals surface area contributed by atoms with Gasteiger partial charge in [-0.1, -0.05) is 25.4 Å². The highest BCUT2D eigenvalue weighted by molar-refractivity contribution is 7.95. The minimum absolute atomic E-state index is 0.0234. The van der Waals surface area contributed by atoms with Gasteiger partial charge in [-0.05, 0) is 30.7 Å². The standard InChI is InChI=1S/C13H17ClO4S/c1-4-13(14,19(16,17)5-2)12(15)10-6-8-11(18-3)9-7-10/h6-9H,4-5H2,1-3H3/t13-/m0/s1. The highest BCUT2D eigenvalue weighted by atomic mass is 35.5. The van der Waals surface area contributed by atoms with E-state index in [1.54, 1.807) is 19.1 Å². The molecule has 6 heteroatoms. The van der Waals surface area contributed by atoms with Crippen LogP contribution in [0, 0.1) is 0 Å². The van der Waals surface area contributed by atoms with E-state index in [1.165, 1.54) is 26.2 Å². The average Bonchev–Trinajstić information content (AvgIpc) is 2.45. The molecule has 1 atom stereocenters. The van der Waals surface area contributed by atoms with Crippen molar-refractivity contribution in [1.82, 2.24) is 0 Å². The van der Waals surface area contributed by atoms with Gasteiger partial charge in [0, 0.05) is 11.3 Å². The fraction of sp³-hybridized carbons (Fsp3) is 0.462. The van der Waals surface area contributed by atoms with Gasteiger partial charge in [0.15, 0.2) is 15.6 Å². The summed E-state index contributed by atoms with van der Waals surface area (Å²) in [4.78, 5) is 12.4. The molecule has 0 unspecified atom stereocenters. The number of hydrogen-bond donors (Lipinski definition) is 0. The molecular weight excluding hydrogens is 288 g/mol. The van der Waals surface area contributed by atoms with Gasteiger partial charge in [0.25, 0.3) is 0 Å². The van der Waals surface area contributed by atoms with E-state index in [2.05, 4.69) is 0 Å². The van der Waals surface area contributed by atoms with Gasteiger partial charge in [-0.3, -0.25) is 4.79 Å². The zero-order valence-corrected chi connectivity index (χ0v) is 12.7. The molecule has 0 radical (unpaired) electrons. The topological polar surface area (TPSA) is 60.4 Å². The highest BCUT2D eigenvalue weighted by Gasteiger charge is 2.46. The van der Waals surface area contributed by atoms with Crippen molar-refractivity contribution in [3.05, 3.63) is 29.8 Å². The Morgan fingerprint density at radius 2 is 1.79 bits per heavy atom. The molecule has 0 fully saturated rings. The number of benzene rings is 1. The van der Waals surface area contributed by atoms with E-state index in [0.717, 1.165) is 0 Å². The molecule has 0 aliphatic heterocycles. The Hall–Kier alpha value is -1.07. The van der Waals surface area contributed by atoms with E-state index in [4.69, 9.17) is 16.3 Å². The zero-order chi connectivity index (χ0) is 14.7.